The van der Waals surface area contributed by atoms with Gasteiger partial charge < -0.3 is 14.7 Å². The third kappa shape index (κ3) is 7.24. The Balaban J connectivity index is 0.00000137. The zero-order valence-electron chi connectivity index (χ0n) is 11.5. The Hall–Kier alpha value is -1.14. The fourth-order valence-electron chi connectivity index (χ4n) is 1.71. The minimum Gasteiger partial charge on any atom is -0.480 e. The highest BCUT2D eigenvalue weighted by Crippen LogP contribution is 2.02. The number of piperazine rings is 1. The van der Waals surface area contributed by atoms with Crippen molar-refractivity contribution in [3.05, 3.63) is 0 Å². The molecule has 0 bridgehead atoms. The van der Waals surface area contributed by atoms with Crippen molar-refractivity contribution < 1.29 is 19.4 Å². The van der Waals surface area contributed by atoms with Crippen molar-refractivity contribution >= 4 is 11.9 Å². The summed E-state index contributed by atoms with van der Waals surface area (Å²) in [6.07, 6.45) is 0.398. The third-order valence-electron chi connectivity index (χ3n) is 2.68. The van der Waals surface area contributed by atoms with Gasteiger partial charge in [0.15, 0.2) is 0 Å². The summed E-state index contributed by atoms with van der Waals surface area (Å²) in [7, 11) is 1.38. The first kappa shape index (κ1) is 16.9. The molecule has 0 amide bonds. The molecule has 6 nitrogen and oxygen atoms in total. The quantitative estimate of drug-likeness (QED) is 0.716. The van der Waals surface area contributed by atoms with Crippen molar-refractivity contribution in [3.63, 3.8) is 0 Å². The molecule has 1 saturated heterocycles. The van der Waals surface area contributed by atoms with Crippen LogP contribution in [0, 0.1) is 0 Å². The van der Waals surface area contributed by atoms with E-state index in [4.69, 9.17) is 5.11 Å². The number of carbonyl (C=O) groups excluding carboxylic acids is 1. The van der Waals surface area contributed by atoms with E-state index in [1.165, 1.54) is 7.11 Å². The molecule has 0 spiro atoms. The van der Waals surface area contributed by atoms with Gasteiger partial charge in [-0.2, -0.15) is 0 Å². The monoisotopic (exact) mass is 260 g/mol. The van der Waals surface area contributed by atoms with Crippen LogP contribution in [-0.2, 0) is 14.3 Å². The maximum absolute atomic E-state index is 10.9. The molecular formula is C12H24N2O4. The summed E-state index contributed by atoms with van der Waals surface area (Å²) < 4.78 is 4.56. The lowest BCUT2D eigenvalue weighted by Gasteiger charge is -2.33. The molecule has 0 saturated carbocycles. The summed E-state index contributed by atoms with van der Waals surface area (Å²) in [6.45, 7) is 7.90. The SMILES string of the molecule is CC.COC(=O)CCN1CCN(CC(=O)O)CC1. The average Bonchev–Trinajstić information content (AvgIpc) is 2.39. The molecule has 1 fully saturated rings. The van der Waals surface area contributed by atoms with Crippen LogP contribution in [0.25, 0.3) is 0 Å². The van der Waals surface area contributed by atoms with Gasteiger partial charge >= 0.3 is 11.9 Å². The highest BCUT2D eigenvalue weighted by molar-refractivity contribution is 5.69. The van der Waals surface area contributed by atoms with Crippen LogP contribution < -0.4 is 0 Å². The van der Waals surface area contributed by atoms with E-state index in [1.54, 1.807) is 0 Å². The lowest BCUT2D eigenvalue weighted by atomic mass is 10.3. The molecule has 0 atom stereocenters. The predicted octanol–water partition coefficient (Wildman–Crippen LogP) is 0.278. The number of carboxylic acids is 1. The van der Waals surface area contributed by atoms with Gasteiger partial charge in [0.2, 0.25) is 0 Å². The molecule has 0 aliphatic carbocycles. The Bertz CT molecular complexity index is 250. The van der Waals surface area contributed by atoms with Gasteiger partial charge in [-0.3, -0.25) is 14.5 Å². The van der Waals surface area contributed by atoms with Gasteiger partial charge in [-0.25, -0.2) is 0 Å². The van der Waals surface area contributed by atoms with Crippen LogP contribution in [0.4, 0.5) is 0 Å². The topological polar surface area (TPSA) is 70.1 Å². The molecule has 0 aromatic rings. The lowest BCUT2D eigenvalue weighted by Crippen LogP contribution is -2.48. The fourth-order valence-corrected chi connectivity index (χ4v) is 1.71. The normalized spacial score (nSPS) is 16.6. The molecule has 1 rings (SSSR count). The Labute approximate surface area is 109 Å². The number of esters is 1. The number of carbonyl (C=O) groups is 2. The van der Waals surface area contributed by atoms with Gasteiger partial charge in [0.1, 0.15) is 0 Å². The average molecular weight is 260 g/mol. The largest absolute Gasteiger partial charge is 0.480 e. The van der Waals surface area contributed by atoms with E-state index in [0.29, 0.717) is 13.0 Å². The maximum Gasteiger partial charge on any atom is 0.317 e. The number of methoxy groups -OCH3 is 1. The first-order chi connectivity index (χ1) is 8.61. The first-order valence-electron chi connectivity index (χ1n) is 6.35. The second-order valence-corrected chi connectivity index (χ2v) is 3.84. The summed E-state index contributed by atoms with van der Waals surface area (Å²) in [5.74, 6) is -0.990. The number of rotatable bonds is 5. The van der Waals surface area contributed by atoms with Crippen LogP contribution >= 0.6 is 0 Å². The van der Waals surface area contributed by atoms with Crippen molar-refractivity contribution in [2.45, 2.75) is 20.3 Å². The van der Waals surface area contributed by atoms with Gasteiger partial charge in [-0.1, -0.05) is 13.8 Å². The van der Waals surface area contributed by atoms with E-state index in [-0.39, 0.29) is 12.5 Å². The third-order valence-corrected chi connectivity index (χ3v) is 2.68. The van der Waals surface area contributed by atoms with E-state index in [9.17, 15) is 9.59 Å². The van der Waals surface area contributed by atoms with Gasteiger partial charge in [0, 0.05) is 32.7 Å². The van der Waals surface area contributed by atoms with Crippen LogP contribution in [0.15, 0.2) is 0 Å². The Kier molecular flexibility index (Phi) is 9.22. The van der Waals surface area contributed by atoms with Gasteiger partial charge in [-0.15, -0.1) is 0 Å². The standard InChI is InChI=1S/C10H18N2O4.C2H6/c1-16-10(15)2-3-11-4-6-12(7-5-11)8-9(13)14;1-2/h2-8H2,1H3,(H,13,14);1-2H3. The smallest absolute Gasteiger partial charge is 0.317 e. The second-order valence-electron chi connectivity index (χ2n) is 3.84. The molecule has 18 heavy (non-hydrogen) atoms. The second kappa shape index (κ2) is 9.85. The molecule has 1 heterocycles. The van der Waals surface area contributed by atoms with Crippen molar-refractivity contribution in [1.29, 1.82) is 0 Å². The molecule has 1 N–H and O–H groups in total. The van der Waals surface area contributed by atoms with Crippen LogP contribution in [0.5, 0.6) is 0 Å². The number of carboxylic acid groups (broad SMARTS) is 1. The van der Waals surface area contributed by atoms with Crippen molar-refractivity contribution in [3.8, 4) is 0 Å². The Morgan fingerprint density at radius 3 is 2.06 bits per heavy atom. The van der Waals surface area contributed by atoms with E-state index in [0.717, 1.165) is 26.2 Å². The number of hydrogen-bond donors (Lipinski definition) is 1. The summed E-state index contributed by atoms with van der Waals surface area (Å²) in [5.41, 5.74) is 0. The molecule has 1 aliphatic rings. The van der Waals surface area contributed by atoms with Gasteiger partial charge in [0.25, 0.3) is 0 Å². The summed E-state index contributed by atoms with van der Waals surface area (Å²) in [5, 5.41) is 8.62. The molecule has 1 aliphatic heterocycles. The number of hydrogen-bond acceptors (Lipinski definition) is 5. The van der Waals surface area contributed by atoms with E-state index >= 15 is 0 Å². The van der Waals surface area contributed by atoms with Gasteiger partial charge in [0.05, 0.1) is 20.1 Å². The number of aliphatic carboxylic acids is 1. The first-order valence-corrected chi connectivity index (χ1v) is 6.35. The molecule has 0 aromatic heterocycles. The fraction of sp³-hybridized carbons (Fsp3) is 0.833. The Morgan fingerprint density at radius 2 is 1.61 bits per heavy atom. The van der Waals surface area contributed by atoms with Crippen LogP contribution in [0.1, 0.15) is 20.3 Å². The van der Waals surface area contributed by atoms with Crippen molar-refractivity contribution in [1.82, 2.24) is 9.80 Å². The minimum absolute atomic E-state index is 0.102. The van der Waals surface area contributed by atoms with Crippen LogP contribution in [-0.4, -0.2) is 73.2 Å². The highest BCUT2D eigenvalue weighted by Gasteiger charge is 2.18. The molecule has 0 radical (unpaired) electrons. The van der Waals surface area contributed by atoms with E-state index in [2.05, 4.69) is 9.64 Å². The summed E-state index contributed by atoms with van der Waals surface area (Å²) >= 11 is 0. The van der Waals surface area contributed by atoms with Crippen LogP contribution in [0.2, 0.25) is 0 Å². The molecule has 0 unspecified atom stereocenters. The predicted molar refractivity (Wildman–Crippen MR) is 68.5 cm³/mol. The highest BCUT2D eigenvalue weighted by atomic mass is 16.5. The van der Waals surface area contributed by atoms with Crippen LogP contribution in [0.3, 0.4) is 0 Å². The molecule has 6 heteroatoms. The van der Waals surface area contributed by atoms with Crippen molar-refractivity contribution in [2.24, 2.45) is 0 Å². The summed E-state index contributed by atoms with van der Waals surface area (Å²) in [4.78, 5) is 25.5. The summed E-state index contributed by atoms with van der Waals surface area (Å²) in [6, 6.07) is 0. The zero-order chi connectivity index (χ0) is 14.0. The maximum atomic E-state index is 10.9. The zero-order valence-corrected chi connectivity index (χ0v) is 11.5. The van der Waals surface area contributed by atoms with Crippen molar-refractivity contribution in [2.75, 3.05) is 46.4 Å². The van der Waals surface area contributed by atoms with E-state index < -0.39 is 5.97 Å². The Morgan fingerprint density at radius 1 is 1.11 bits per heavy atom. The van der Waals surface area contributed by atoms with E-state index in [1.807, 2.05) is 18.7 Å². The minimum atomic E-state index is -0.789. The molecular weight excluding hydrogens is 236 g/mol. The molecule has 106 valence electrons. The van der Waals surface area contributed by atoms with Gasteiger partial charge in [-0.05, 0) is 0 Å². The molecule has 0 aromatic carbocycles. The number of nitrogens with zero attached hydrogens (tertiary/aromatic N) is 2. The number of ether oxygens (including phenoxy) is 1. The lowest BCUT2D eigenvalue weighted by molar-refractivity contribution is -0.141.